The molecule has 0 unspecified atom stereocenters. The van der Waals surface area contributed by atoms with Gasteiger partial charge in [0.05, 0.1) is 26.9 Å². The SMILES string of the molecule is COC(=O)c1cc2c(=O)n3cc(C)ccc3nc2[n+](CCCN2CCOCC2)c1N. The Morgan fingerprint density at radius 2 is 2.10 bits per heavy atom. The molecule has 9 heteroatoms. The van der Waals surface area contributed by atoms with Crippen molar-refractivity contribution in [3.63, 3.8) is 0 Å². The molecule has 4 heterocycles. The lowest BCUT2D eigenvalue weighted by atomic mass is 10.2. The van der Waals surface area contributed by atoms with E-state index in [1.165, 1.54) is 17.6 Å². The highest BCUT2D eigenvalue weighted by Gasteiger charge is 2.25. The molecule has 0 spiro atoms. The maximum absolute atomic E-state index is 13.2. The first-order chi connectivity index (χ1) is 14.5. The third-order valence-corrected chi connectivity index (χ3v) is 5.46. The van der Waals surface area contributed by atoms with Gasteiger partial charge in [-0.1, -0.05) is 11.1 Å². The fourth-order valence-corrected chi connectivity index (χ4v) is 3.83. The van der Waals surface area contributed by atoms with Crippen molar-refractivity contribution in [2.24, 2.45) is 0 Å². The maximum atomic E-state index is 13.2. The van der Waals surface area contributed by atoms with Gasteiger partial charge in [0.25, 0.3) is 11.2 Å². The van der Waals surface area contributed by atoms with Crippen LogP contribution >= 0.6 is 0 Å². The number of anilines is 1. The molecule has 9 nitrogen and oxygen atoms in total. The highest BCUT2D eigenvalue weighted by molar-refractivity contribution is 5.96. The molecule has 4 rings (SSSR count). The summed E-state index contributed by atoms with van der Waals surface area (Å²) in [6.07, 6.45) is 2.53. The molecule has 1 fully saturated rings. The van der Waals surface area contributed by atoms with E-state index in [1.807, 2.05) is 13.0 Å². The van der Waals surface area contributed by atoms with Crippen molar-refractivity contribution in [2.45, 2.75) is 19.9 Å². The zero-order chi connectivity index (χ0) is 21.3. The second kappa shape index (κ2) is 8.37. The van der Waals surface area contributed by atoms with Gasteiger partial charge in [-0.05, 0) is 31.0 Å². The predicted molar refractivity (Wildman–Crippen MR) is 112 cm³/mol. The first-order valence-electron chi connectivity index (χ1n) is 10.0. The van der Waals surface area contributed by atoms with Crippen LogP contribution in [0.1, 0.15) is 22.3 Å². The zero-order valence-electron chi connectivity index (χ0n) is 17.3. The largest absolute Gasteiger partial charge is 0.465 e. The molecule has 3 aromatic rings. The highest BCUT2D eigenvalue weighted by atomic mass is 16.5. The van der Waals surface area contributed by atoms with Gasteiger partial charge in [0.2, 0.25) is 11.5 Å². The molecule has 0 atom stereocenters. The first-order valence-corrected chi connectivity index (χ1v) is 10.0. The van der Waals surface area contributed by atoms with Gasteiger partial charge in [0, 0.05) is 25.8 Å². The molecule has 1 aliphatic rings. The Bertz CT molecular complexity index is 1170. The van der Waals surface area contributed by atoms with Crippen molar-refractivity contribution >= 4 is 28.5 Å². The summed E-state index contributed by atoms with van der Waals surface area (Å²) in [6, 6.07) is 5.19. The number of carbonyl (C=O) groups is 1. The molecule has 0 bridgehead atoms. The summed E-state index contributed by atoms with van der Waals surface area (Å²) >= 11 is 0. The number of nitrogens with two attached hydrogens (primary N) is 1. The fourth-order valence-electron chi connectivity index (χ4n) is 3.83. The average molecular weight is 412 g/mol. The quantitative estimate of drug-likeness (QED) is 0.370. The van der Waals surface area contributed by atoms with Crippen LogP contribution in [-0.2, 0) is 16.0 Å². The average Bonchev–Trinajstić information content (AvgIpc) is 2.76. The molecular formula is C21H26N5O4+. The number of ether oxygens (including phenoxy) is 2. The van der Waals surface area contributed by atoms with Crippen LogP contribution in [0.3, 0.4) is 0 Å². The van der Waals surface area contributed by atoms with Gasteiger partial charge in [0.1, 0.15) is 10.9 Å². The molecular weight excluding hydrogens is 386 g/mol. The number of aromatic nitrogens is 3. The van der Waals surface area contributed by atoms with Crippen molar-refractivity contribution in [2.75, 3.05) is 45.7 Å². The van der Waals surface area contributed by atoms with E-state index in [4.69, 9.17) is 20.2 Å². The number of esters is 1. The summed E-state index contributed by atoms with van der Waals surface area (Å²) in [4.78, 5) is 32.5. The van der Waals surface area contributed by atoms with Crippen molar-refractivity contribution in [1.29, 1.82) is 0 Å². The van der Waals surface area contributed by atoms with E-state index in [0.29, 0.717) is 23.2 Å². The first kappa shape index (κ1) is 20.2. The maximum Gasteiger partial charge on any atom is 0.344 e. The summed E-state index contributed by atoms with van der Waals surface area (Å²) in [5.41, 5.74) is 8.21. The molecule has 1 saturated heterocycles. The summed E-state index contributed by atoms with van der Waals surface area (Å²) in [5.74, 6) is -0.329. The third kappa shape index (κ3) is 3.73. The lowest BCUT2D eigenvalue weighted by molar-refractivity contribution is -0.659. The minimum absolute atomic E-state index is 0.169. The Morgan fingerprint density at radius 3 is 2.83 bits per heavy atom. The molecule has 0 saturated carbocycles. The van der Waals surface area contributed by atoms with Gasteiger partial charge in [-0.25, -0.2) is 9.36 Å². The number of aryl methyl sites for hydroxylation is 2. The Morgan fingerprint density at radius 1 is 1.33 bits per heavy atom. The number of hydrogen-bond acceptors (Lipinski definition) is 7. The topological polar surface area (TPSA) is 103 Å². The van der Waals surface area contributed by atoms with Crippen LogP contribution in [0.15, 0.2) is 29.2 Å². The number of morpholine rings is 1. The highest BCUT2D eigenvalue weighted by Crippen LogP contribution is 2.16. The summed E-state index contributed by atoms with van der Waals surface area (Å²) in [5, 5.41) is 0.332. The second-order valence-corrected chi connectivity index (χ2v) is 7.48. The minimum atomic E-state index is -0.579. The Balaban J connectivity index is 1.81. The lowest BCUT2D eigenvalue weighted by Crippen LogP contribution is -2.44. The van der Waals surface area contributed by atoms with Crippen molar-refractivity contribution in [1.82, 2.24) is 14.3 Å². The standard InChI is InChI=1S/C21H25N5O4/c1-14-4-5-17-23-19-16(20(27)26(17)13-14)12-15(21(28)29-2)18(22)25(19)7-3-6-24-8-10-30-11-9-24/h4-5,12-13,22H,3,6-11H2,1-2H3/p+1. The Hall–Kier alpha value is -3.04. The molecule has 2 N–H and O–H groups in total. The predicted octanol–water partition coefficient (Wildman–Crippen LogP) is 0.535. The number of carbonyl (C=O) groups excluding carboxylic acids is 1. The summed E-state index contributed by atoms with van der Waals surface area (Å²) in [7, 11) is 1.30. The van der Waals surface area contributed by atoms with E-state index in [1.54, 1.807) is 16.8 Å². The van der Waals surface area contributed by atoms with Crippen LogP contribution in [0.4, 0.5) is 5.82 Å². The molecule has 0 radical (unpaired) electrons. The number of pyridine rings is 2. The normalized spacial score (nSPS) is 15.0. The number of methoxy groups -OCH3 is 1. The molecule has 30 heavy (non-hydrogen) atoms. The van der Waals surface area contributed by atoms with Crippen molar-refractivity contribution < 1.29 is 18.8 Å². The van der Waals surface area contributed by atoms with E-state index in [-0.39, 0.29) is 16.9 Å². The number of nitrogen functional groups attached to an aromatic ring is 1. The second-order valence-electron chi connectivity index (χ2n) is 7.48. The smallest absolute Gasteiger partial charge is 0.344 e. The van der Waals surface area contributed by atoms with Crippen LogP contribution in [0, 0.1) is 6.92 Å². The number of fused-ring (bicyclic) bond motifs is 2. The van der Waals surface area contributed by atoms with E-state index < -0.39 is 5.97 Å². The molecule has 1 aliphatic heterocycles. The molecule has 0 aromatic carbocycles. The molecule has 0 aliphatic carbocycles. The Labute approximate surface area is 173 Å². The van der Waals surface area contributed by atoms with E-state index in [0.717, 1.165) is 44.8 Å². The van der Waals surface area contributed by atoms with Crippen LogP contribution in [0.2, 0.25) is 0 Å². The minimum Gasteiger partial charge on any atom is -0.465 e. The monoisotopic (exact) mass is 412 g/mol. The van der Waals surface area contributed by atoms with E-state index in [2.05, 4.69) is 4.90 Å². The summed E-state index contributed by atoms with van der Waals surface area (Å²) in [6.45, 7) is 6.56. The molecule has 3 aromatic heterocycles. The van der Waals surface area contributed by atoms with E-state index >= 15 is 0 Å². The van der Waals surface area contributed by atoms with Crippen molar-refractivity contribution in [3.8, 4) is 0 Å². The van der Waals surface area contributed by atoms with Crippen LogP contribution in [0.25, 0.3) is 16.7 Å². The zero-order valence-corrected chi connectivity index (χ0v) is 17.3. The lowest BCUT2D eigenvalue weighted by Gasteiger charge is -2.26. The van der Waals surface area contributed by atoms with Crippen LogP contribution in [-0.4, -0.2) is 60.2 Å². The van der Waals surface area contributed by atoms with E-state index in [9.17, 15) is 9.59 Å². The molecule has 0 amide bonds. The van der Waals surface area contributed by atoms with Crippen LogP contribution in [0.5, 0.6) is 0 Å². The Kier molecular flexibility index (Phi) is 5.65. The summed E-state index contributed by atoms with van der Waals surface area (Å²) < 4.78 is 13.5. The van der Waals surface area contributed by atoms with Gasteiger partial charge >= 0.3 is 5.97 Å². The van der Waals surface area contributed by atoms with Crippen LogP contribution < -0.4 is 15.9 Å². The fraction of sp³-hybridized carbons (Fsp3) is 0.429. The molecule has 158 valence electrons. The van der Waals surface area contributed by atoms with Gasteiger partial charge in [-0.15, -0.1) is 0 Å². The number of rotatable bonds is 5. The van der Waals surface area contributed by atoms with Gasteiger partial charge < -0.3 is 15.2 Å². The third-order valence-electron chi connectivity index (χ3n) is 5.46. The van der Waals surface area contributed by atoms with Gasteiger partial charge in [-0.2, -0.15) is 0 Å². The van der Waals surface area contributed by atoms with Gasteiger partial charge in [0.15, 0.2) is 0 Å². The number of hydrogen-bond donors (Lipinski definition) is 1. The number of nitrogens with zero attached hydrogens (tertiary/aromatic N) is 4. The van der Waals surface area contributed by atoms with Gasteiger partial charge in [-0.3, -0.25) is 14.1 Å². The van der Waals surface area contributed by atoms with Crippen molar-refractivity contribution in [3.05, 3.63) is 45.9 Å².